The van der Waals surface area contributed by atoms with E-state index in [-0.39, 0.29) is 11.6 Å². The normalized spacial score (nSPS) is 20.4. The van der Waals surface area contributed by atoms with Crippen LogP contribution in [0.3, 0.4) is 0 Å². The minimum atomic E-state index is -3.30. The number of unbranched alkanes of at least 4 members (excludes halogenated alkanes) is 1. The van der Waals surface area contributed by atoms with Gasteiger partial charge in [-0.1, -0.05) is 34.1 Å². The summed E-state index contributed by atoms with van der Waals surface area (Å²) in [7, 11) is -1.92. The fourth-order valence-corrected chi connectivity index (χ4v) is 6.23. The van der Waals surface area contributed by atoms with Crippen molar-refractivity contribution in [2.24, 2.45) is 5.41 Å². The topological polar surface area (TPSA) is 71.1 Å². The molecule has 0 aromatic heterocycles. The van der Waals surface area contributed by atoms with E-state index in [1.54, 1.807) is 25.6 Å². The van der Waals surface area contributed by atoms with Gasteiger partial charge in [0.25, 0.3) is 0 Å². The van der Waals surface area contributed by atoms with Crippen LogP contribution in [0.4, 0.5) is 0 Å². The molecule has 0 aromatic rings. The monoisotopic (exact) mass is 436 g/mol. The van der Waals surface area contributed by atoms with E-state index >= 15 is 0 Å². The van der Waals surface area contributed by atoms with Crippen LogP contribution in [0.15, 0.2) is 11.3 Å². The molecule has 0 saturated carbocycles. The summed E-state index contributed by atoms with van der Waals surface area (Å²) >= 11 is 1.69. The largest absolute Gasteiger partial charge is 0.478 e. The zero-order valence-corrected chi connectivity index (χ0v) is 20.2. The van der Waals surface area contributed by atoms with Gasteiger partial charge in [-0.05, 0) is 31.6 Å². The first-order chi connectivity index (χ1) is 13.1. The van der Waals surface area contributed by atoms with Gasteiger partial charge in [-0.15, -0.1) is 0 Å². The molecule has 0 radical (unpaired) electrons. The number of esters is 1. The van der Waals surface area contributed by atoms with Gasteiger partial charge in [-0.3, -0.25) is 4.57 Å². The molecule has 1 aliphatic rings. The van der Waals surface area contributed by atoms with Gasteiger partial charge in [0.2, 0.25) is 5.60 Å². The summed E-state index contributed by atoms with van der Waals surface area (Å²) in [5.74, 6) is 1.75. The third-order valence-electron chi connectivity index (χ3n) is 4.37. The molecule has 0 N–H and O–H groups in total. The molecule has 0 aliphatic carbocycles. The molecule has 0 fully saturated rings. The number of methoxy groups -OCH3 is 1. The Morgan fingerprint density at radius 1 is 1.21 bits per heavy atom. The molecule has 0 spiro atoms. The third-order valence-corrected chi connectivity index (χ3v) is 7.69. The summed E-state index contributed by atoms with van der Waals surface area (Å²) in [5.41, 5.74) is -0.615. The van der Waals surface area contributed by atoms with Crippen LogP contribution in [0.5, 0.6) is 0 Å². The van der Waals surface area contributed by atoms with Gasteiger partial charge in [0.05, 0.1) is 26.5 Å². The first-order valence-corrected chi connectivity index (χ1v) is 12.9. The fraction of sp³-hybridized carbons (Fsp3) is 0.850. The van der Waals surface area contributed by atoms with E-state index in [0.717, 1.165) is 24.2 Å². The van der Waals surface area contributed by atoms with Crippen LogP contribution in [-0.4, -0.2) is 49.6 Å². The summed E-state index contributed by atoms with van der Waals surface area (Å²) < 4.78 is 35.5. The molecule has 0 bridgehead atoms. The highest BCUT2D eigenvalue weighted by Crippen LogP contribution is 2.54. The van der Waals surface area contributed by atoms with Gasteiger partial charge in [0, 0.05) is 17.6 Å². The van der Waals surface area contributed by atoms with Crippen molar-refractivity contribution in [1.82, 2.24) is 0 Å². The van der Waals surface area contributed by atoms with Crippen LogP contribution in [0.1, 0.15) is 60.8 Å². The number of ether oxygens (including phenoxy) is 2. The standard InChI is InChI=1S/C20H37O6PS/c1-8-11-12-28-15-20(18(21)23-7)13-16(17(26-20)19(4,5)6)14-27(22,24-9-2)25-10-3/h8-15H2,1-7H3. The maximum Gasteiger partial charge on any atom is 0.351 e. The number of thioether (sulfide) groups is 1. The molecule has 8 heteroatoms. The van der Waals surface area contributed by atoms with E-state index in [1.807, 2.05) is 20.8 Å². The average Bonchev–Trinajstić information content (AvgIpc) is 2.98. The van der Waals surface area contributed by atoms with E-state index in [1.165, 1.54) is 7.11 Å². The summed E-state index contributed by atoms with van der Waals surface area (Å²) in [6.45, 7) is 12.4. The second kappa shape index (κ2) is 11.1. The van der Waals surface area contributed by atoms with E-state index in [4.69, 9.17) is 18.5 Å². The van der Waals surface area contributed by atoms with E-state index in [9.17, 15) is 9.36 Å². The maximum absolute atomic E-state index is 13.1. The van der Waals surface area contributed by atoms with E-state index in [2.05, 4.69) is 6.92 Å². The molecule has 0 saturated heterocycles. The van der Waals surface area contributed by atoms with Crippen LogP contribution in [0.2, 0.25) is 0 Å². The highest BCUT2D eigenvalue weighted by atomic mass is 32.2. The van der Waals surface area contributed by atoms with Gasteiger partial charge in [-0.2, -0.15) is 11.8 Å². The molecule has 0 amide bonds. The minimum Gasteiger partial charge on any atom is -0.478 e. The quantitative estimate of drug-likeness (QED) is 0.230. The van der Waals surface area contributed by atoms with Gasteiger partial charge in [0.1, 0.15) is 5.76 Å². The molecule has 1 heterocycles. The number of hydrogen-bond acceptors (Lipinski definition) is 7. The smallest absolute Gasteiger partial charge is 0.351 e. The summed E-state index contributed by atoms with van der Waals surface area (Å²) in [4.78, 5) is 12.7. The van der Waals surface area contributed by atoms with Gasteiger partial charge in [-0.25, -0.2) is 4.79 Å². The Hall–Kier alpha value is -0.490. The molecule has 1 aliphatic heterocycles. The Morgan fingerprint density at radius 2 is 1.82 bits per heavy atom. The minimum absolute atomic E-state index is 0.125. The highest BCUT2D eigenvalue weighted by Gasteiger charge is 2.51. The van der Waals surface area contributed by atoms with Crippen molar-refractivity contribution in [2.75, 3.05) is 38.0 Å². The fourth-order valence-electron chi connectivity index (χ4n) is 3.22. The van der Waals surface area contributed by atoms with Crippen molar-refractivity contribution >= 4 is 25.3 Å². The Morgan fingerprint density at radius 3 is 2.29 bits per heavy atom. The molecule has 0 aromatic carbocycles. The van der Waals surface area contributed by atoms with Crippen molar-refractivity contribution in [3.63, 3.8) is 0 Å². The van der Waals surface area contributed by atoms with Crippen molar-refractivity contribution in [3.8, 4) is 0 Å². The zero-order valence-electron chi connectivity index (χ0n) is 18.5. The summed E-state index contributed by atoms with van der Waals surface area (Å²) in [6, 6.07) is 0. The Kier molecular flexibility index (Phi) is 10.1. The average molecular weight is 437 g/mol. The molecule has 1 atom stereocenters. The van der Waals surface area contributed by atoms with Crippen LogP contribution in [0, 0.1) is 5.41 Å². The number of carbonyl (C=O) groups is 1. The van der Waals surface area contributed by atoms with Gasteiger partial charge < -0.3 is 18.5 Å². The van der Waals surface area contributed by atoms with E-state index in [0.29, 0.717) is 31.1 Å². The number of allylic oxidation sites excluding steroid dienone is 1. The van der Waals surface area contributed by atoms with E-state index < -0.39 is 19.2 Å². The lowest BCUT2D eigenvalue weighted by Crippen LogP contribution is -2.43. The molecular formula is C20H37O6PS. The third kappa shape index (κ3) is 6.79. The molecule has 6 nitrogen and oxygen atoms in total. The van der Waals surface area contributed by atoms with Crippen LogP contribution >= 0.6 is 19.4 Å². The molecule has 1 unspecified atom stereocenters. The van der Waals surface area contributed by atoms with Crippen molar-refractivity contribution in [2.45, 2.75) is 66.4 Å². The molecule has 1 rings (SSSR count). The van der Waals surface area contributed by atoms with Gasteiger partial charge in [0.15, 0.2) is 0 Å². The maximum atomic E-state index is 13.1. The van der Waals surface area contributed by atoms with Crippen molar-refractivity contribution in [1.29, 1.82) is 0 Å². The SMILES string of the molecule is CCCCSCC1(C(=O)OC)CC(CP(=O)(OCC)OCC)=C(C(C)(C)C)O1. The van der Waals surface area contributed by atoms with Crippen LogP contribution in [-0.2, 0) is 27.9 Å². The Balaban J connectivity index is 3.19. The first-order valence-electron chi connectivity index (χ1n) is 10.0. The highest BCUT2D eigenvalue weighted by molar-refractivity contribution is 7.99. The number of rotatable bonds is 12. The summed E-state index contributed by atoms with van der Waals surface area (Å²) in [5, 5.41) is 0. The molecular weight excluding hydrogens is 399 g/mol. The first kappa shape index (κ1) is 25.5. The number of carbonyl (C=O) groups excluding carboxylic acids is 1. The summed E-state index contributed by atoms with van der Waals surface area (Å²) in [6.07, 6.45) is 2.65. The zero-order chi connectivity index (χ0) is 21.4. The van der Waals surface area contributed by atoms with Crippen molar-refractivity contribution in [3.05, 3.63) is 11.3 Å². The van der Waals surface area contributed by atoms with Crippen molar-refractivity contribution < 1.29 is 27.9 Å². The predicted molar refractivity (Wildman–Crippen MR) is 115 cm³/mol. The van der Waals surface area contributed by atoms with Crippen LogP contribution < -0.4 is 0 Å². The van der Waals surface area contributed by atoms with Crippen LogP contribution in [0.25, 0.3) is 0 Å². The molecule has 28 heavy (non-hydrogen) atoms. The Labute approximate surface area is 174 Å². The lowest BCUT2D eigenvalue weighted by atomic mass is 9.90. The number of hydrogen-bond donors (Lipinski definition) is 0. The second-order valence-corrected chi connectivity index (χ2v) is 11.1. The second-order valence-electron chi connectivity index (χ2n) is 7.96. The lowest BCUT2D eigenvalue weighted by Gasteiger charge is -2.30. The lowest BCUT2D eigenvalue weighted by molar-refractivity contribution is -0.160. The Bertz CT molecular complexity index is 588. The molecule has 164 valence electrons. The predicted octanol–water partition coefficient (Wildman–Crippen LogP) is 5.42. The van der Waals surface area contributed by atoms with Gasteiger partial charge >= 0.3 is 13.6 Å².